The minimum atomic E-state index is -0.546. The van der Waals surface area contributed by atoms with Gasteiger partial charge >= 0.3 is 130 Å². The molecule has 0 aromatic carbocycles. The average molecular weight is 388 g/mol. The predicted octanol–water partition coefficient (Wildman–Crippen LogP) is 2.97. The van der Waals surface area contributed by atoms with Crippen molar-refractivity contribution in [1.82, 2.24) is 4.98 Å². The summed E-state index contributed by atoms with van der Waals surface area (Å²) in [6.45, 7) is 8.95. The number of ether oxygens (including phenoxy) is 1. The number of nitrogens with zero attached hydrogens (tertiary/aromatic N) is 1. The zero-order valence-corrected chi connectivity index (χ0v) is 16.0. The first-order valence-corrected chi connectivity index (χ1v) is 10.5. The van der Waals surface area contributed by atoms with Crippen LogP contribution in [0.5, 0.6) is 0 Å². The van der Waals surface area contributed by atoms with Gasteiger partial charge in [-0.3, -0.25) is 0 Å². The molecule has 0 saturated carbocycles. The third-order valence-electron chi connectivity index (χ3n) is 2.40. The Labute approximate surface area is 130 Å². The van der Waals surface area contributed by atoms with Crippen molar-refractivity contribution in [2.75, 3.05) is 6.61 Å². The van der Waals surface area contributed by atoms with Crippen molar-refractivity contribution in [2.24, 2.45) is 0 Å². The molecule has 0 N–H and O–H groups in total. The molecule has 0 aliphatic carbocycles. The van der Waals surface area contributed by atoms with Crippen LogP contribution in [-0.2, 0) is 16.0 Å². The molecule has 0 amide bonds. The van der Waals surface area contributed by atoms with Gasteiger partial charge < -0.3 is 0 Å². The first-order chi connectivity index (χ1) is 8.87. The number of carbonyl (C=O) groups is 1. The molecule has 0 unspecified atom stereocenters. The number of rotatable bonds is 7. The number of aryl methyl sites for hydroxylation is 1. The van der Waals surface area contributed by atoms with Crippen molar-refractivity contribution in [3.05, 3.63) is 10.4 Å². The quantitative estimate of drug-likeness (QED) is 0.410. The van der Waals surface area contributed by atoms with E-state index < -0.39 is 21.1 Å². The van der Waals surface area contributed by atoms with Crippen molar-refractivity contribution >= 4 is 42.2 Å². The molecule has 19 heavy (non-hydrogen) atoms. The van der Waals surface area contributed by atoms with Gasteiger partial charge in [-0.25, -0.2) is 0 Å². The van der Waals surface area contributed by atoms with E-state index in [1.54, 1.807) is 11.3 Å². The van der Waals surface area contributed by atoms with Crippen molar-refractivity contribution in [1.29, 1.82) is 0 Å². The summed E-state index contributed by atoms with van der Waals surface area (Å²) < 4.78 is 6.76. The first-order valence-electron chi connectivity index (χ1n) is 6.73. The summed E-state index contributed by atoms with van der Waals surface area (Å²) in [4.78, 5) is 15.3. The number of hydrogen-bond donors (Lipinski definition) is 0. The van der Waals surface area contributed by atoms with E-state index in [9.17, 15) is 4.79 Å². The predicted molar refractivity (Wildman–Crippen MR) is 81.4 cm³/mol. The molecule has 5 heteroatoms. The number of carbonyl (C=O) groups excluding carboxylic acids is 1. The Kier molecular flexibility index (Phi) is 7.36. The summed E-state index contributed by atoms with van der Waals surface area (Å²) in [5.41, 5.74) is 0. The van der Waals surface area contributed by atoms with Gasteiger partial charge in [-0.2, -0.15) is 0 Å². The van der Waals surface area contributed by atoms with Crippen LogP contribution in [0.25, 0.3) is 0 Å². The second-order valence-electron chi connectivity index (χ2n) is 5.65. The van der Waals surface area contributed by atoms with Crippen molar-refractivity contribution in [3.63, 3.8) is 0 Å². The van der Waals surface area contributed by atoms with Gasteiger partial charge in [-0.15, -0.1) is 0 Å². The Balaban J connectivity index is 2.18. The van der Waals surface area contributed by atoms with E-state index >= 15 is 0 Å². The van der Waals surface area contributed by atoms with Crippen LogP contribution in [-0.4, -0.2) is 38.7 Å². The summed E-state index contributed by atoms with van der Waals surface area (Å²) >= 11 is 1.26. The van der Waals surface area contributed by atoms with Crippen molar-refractivity contribution in [2.45, 2.75) is 56.8 Å². The second-order valence-corrected chi connectivity index (χ2v) is 13.1. The summed E-state index contributed by atoms with van der Waals surface area (Å²) in [5.74, 6) is -0.183. The van der Waals surface area contributed by atoms with Crippen LogP contribution in [0.1, 0.15) is 52.0 Å². The van der Waals surface area contributed by atoms with E-state index in [0.29, 0.717) is 10.0 Å². The van der Waals surface area contributed by atoms with Gasteiger partial charge in [-0.05, 0) is 0 Å². The van der Waals surface area contributed by atoms with Crippen molar-refractivity contribution < 1.29 is 9.53 Å². The van der Waals surface area contributed by atoms with E-state index in [4.69, 9.17) is 9.72 Å². The molecular formula is C14H23NO2SSn. The molecule has 0 bridgehead atoms. The molecule has 3 nitrogen and oxygen atoms in total. The fourth-order valence-corrected chi connectivity index (χ4v) is 6.39. The molecule has 2 radical (unpaired) electrons. The summed E-state index contributed by atoms with van der Waals surface area (Å²) in [7, 11) is 0. The van der Waals surface area contributed by atoms with Crippen molar-refractivity contribution in [3.8, 4) is 0 Å². The molecule has 1 rings (SSSR count). The van der Waals surface area contributed by atoms with Crippen LogP contribution in [0.3, 0.4) is 0 Å². The van der Waals surface area contributed by atoms with Gasteiger partial charge in [0.15, 0.2) is 0 Å². The molecule has 0 aliphatic heterocycles. The van der Waals surface area contributed by atoms with Crippen LogP contribution in [0.15, 0.2) is 5.38 Å². The van der Waals surface area contributed by atoms with E-state index in [0.717, 1.165) is 25.7 Å². The van der Waals surface area contributed by atoms with Gasteiger partial charge in [0.25, 0.3) is 0 Å². The molecule has 0 spiro atoms. The maximum absolute atomic E-state index is 10.6. The molecule has 1 heterocycles. The molecule has 106 valence electrons. The second kappa shape index (κ2) is 8.24. The zero-order valence-electron chi connectivity index (χ0n) is 12.3. The summed E-state index contributed by atoms with van der Waals surface area (Å²) in [6, 6.07) is 0. The Bertz CT molecular complexity index is 398. The van der Waals surface area contributed by atoms with E-state index in [1.807, 2.05) is 0 Å². The standard InChI is InChI=1S/C10H14NO2S.C4H9.Sn/c1-9(12)13-7-4-2-3-5-10-11-6-8-14-10;1-4(2)3;/h8H,2-5,7H2,1H3;1-3H3;. The Hall–Kier alpha value is -0.101. The monoisotopic (exact) mass is 389 g/mol. The van der Waals surface area contributed by atoms with Crippen LogP contribution >= 0.6 is 11.3 Å². The zero-order chi connectivity index (χ0) is 14.3. The number of hydrogen-bond acceptors (Lipinski definition) is 4. The fourth-order valence-electron chi connectivity index (χ4n) is 1.64. The Morgan fingerprint density at radius 2 is 2.11 bits per heavy atom. The van der Waals surface area contributed by atoms with Gasteiger partial charge in [-0.1, -0.05) is 0 Å². The maximum atomic E-state index is 10.6. The SMILES string of the molecule is CC(=O)OCCCCCc1n[c]([Sn][C](C)(C)C)cs1. The summed E-state index contributed by atoms with van der Waals surface area (Å²) in [6.07, 6.45) is 4.25. The fraction of sp³-hybridized carbons (Fsp3) is 0.714. The number of esters is 1. The molecule has 0 aliphatic rings. The number of unbranched alkanes of at least 4 members (excludes halogenated alkanes) is 2. The normalized spacial score (nSPS) is 11.6. The summed E-state index contributed by atoms with van der Waals surface area (Å²) in [5, 5.41) is 3.53. The molecule has 1 aromatic rings. The molecule has 0 fully saturated rings. The van der Waals surface area contributed by atoms with Crippen LogP contribution < -0.4 is 3.71 Å². The Morgan fingerprint density at radius 1 is 1.37 bits per heavy atom. The Morgan fingerprint density at radius 3 is 2.74 bits per heavy atom. The van der Waals surface area contributed by atoms with E-state index in [2.05, 4.69) is 26.2 Å². The van der Waals surface area contributed by atoms with Gasteiger partial charge in [0.1, 0.15) is 0 Å². The van der Waals surface area contributed by atoms with E-state index in [1.165, 1.54) is 15.6 Å². The van der Waals surface area contributed by atoms with Crippen LogP contribution in [0.4, 0.5) is 0 Å². The minimum absolute atomic E-state index is 0.183. The van der Waals surface area contributed by atoms with Crippen LogP contribution in [0, 0.1) is 0 Å². The molecule has 0 saturated heterocycles. The number of thiazole rings is 1. The van der Waals surface area contributed by atoms with Crippen LogP contribution in [0.2, 0.25) is 3.43 Å². The average Bonchev–Trinajstić information content (AvgIpc) is 2.68. The van der Waals surface area contributed by atoms with Gasteiger partial charge in [0.2, 0.25) is 0 Å². The molecule has 0 atom stereocenters. The van der Waals surface area contributed by atoms with E-state index in [-0.39, 0.29) is 5.97 Å². The molecule has 1 aromatic heterocycles. The molecular weight excluding hydrogens is 365 g/mol. The third-order valence-corrected chi connectivity index (χ3v) is 7.50. The topological polar surface area (TPSA) is 39.2 Å². The number of aromatic nitrogens is 1. The first kappa shape index (κ1) is 17.0. The van der Waals surface area contributed by atoms with Gasteiger partial charge in [0.05, 0.1) is 0 Å². The van der Waals surface area contributed by atoms with Gasteiger partial charge in [0, 0.05) is 0 Å². The third kappa shape index (κ3) is 8.63.